The second kappa shape index (κ2) is 7.71. The Morgan fingerprint density at radius 2 is 2.08 bits per heavy atom. The van der Waals surface area contributed by atoms with E-state index in [1.54, 1.807) is 0 Å². The standard InChI is InChI=1S/C15H20F3N3O3S/c1-10-13(6-3-7-19-10)21-14(22)9-20-25(23,24)12-5-2-4-11(8-12)15(16,17)18/h2,4-5,8,10,13,19-20H,3,6-7,9H2,1H3,(H,21,22). The molecule has 0 bridgehead atoms. The number of hydrogen-bond acceptors (Lipinski definition) is 4. The predicted molar refractivity (Wildman–Crippen MR) is 85.3 cm³/mol. The molecule has 1 fully saturated rings. The topological polar surface area (TPSA) is 87.3 Å². The largest absolute Gasteiger partial charge is 0.416 e. The highest BCUT2D eigenvalue weighted by Gasteiger charge is 2.31. The minimum Gasteiger partial charge on any atom is -0.351 e. The number of carbonyl (C=O) groups is 1. The van der Waals surface area contributed by atoms with Crippen LogP contribution in [-0.4, -0.2) is 39.5 Å². The molecule has 25 heavy (non-hydrogen) atoms. The number of amides is 1. The SMILES string of the molecule is CC1NCCCC1NC(=O)CNS(=O)(=O)c1cccc(C(F)(F)F)c1. The maximum Gasteiger partial charge on any atom is 0.416 e. The van der Waals surface area contributed by atoms with E-state index in [1.165, 1.54) is 0 Å². The number of sulfonamides is 1. The summed E-state index contributed by atoms with van der Waals surface area (Å²) in [6, 6.07) is 3.32. The molecule has 0 saturated carbocycles. The number of piperidine rings is 1. The van der Waals surface area contributed by atoms with Gasteiger partial charge in [0.1, 0.15) is 0 Å². The summed E-state index contributed by atoms with van der Waals surface area (Å²) in [4.78, 5) is 11.4. The Kier molecular flexibility index (Phi) is 6.07. The maximum atomic E-state index is 12.7. The average molecular weight is 379 g/mol. The Bertz CT molecular complexity index is 722. The number of hydrogen-bond donors (Lipinski definition) is 3. The Morgan fingerprint density at radius 1 is 1.36 bits per heavy atom. The zero-order valence-corrected chi connectivity index (χ0v) is 14.4. The molecule has 6 nitrogen and oxygen atoms in total. The first-order valence-electron chi connectivity index (χ1n) is 7.79. The third-order valence-corrected chi connectivity index (χ3v) is 5.40. The van der Waals surface area contributed by atoms with E-state index in [2.05, 4.69) is 10.6 Å². The van der Waals surface area contributed by atoms with Crippen molar-refractivity contribution in [1.82, 2.24) is 15.4 Å². The van der Waals surface area contributed by atoms with E-state index in [-0.39, 0.29) is 12.1 Å². The molecule has 1 aliphatic heterocycles. The van der Waals surface area contributed by atoms with Crippen molar-refractivity contribution >= 4 is 15.9 Å². The van der Waals surface area contributed by atoms with E-state index in [9.17, 15) is 26.4 Å². The number of alkyl halides is 3. The van der Waals surface area contributed by atoms with Crippen LogP contribution in [0.2, 0.25) is 0 Å². The molecule has 1 heterocycles. The first-order chi connectivity index (χ1) is 11.6. The third kappa shape index (κ3) is 5.41. The van der Waals surface area contributed by atoms with Gasteiger partial charge in [-0.15, -0.1) is 0 Å². The molecule has 1 aromatic carbocycles. The lowest BCUT2D eigenvalue weighted by molar-refractivity contribution is -0.137. The number of halogens is 3. The summed E-state index contributed by atoms with van der Waals surface area (Å²) in [5, 5.41) is 5.92. The summed E-state index contributed by atoms with van der Waals surface area (Å²) in [7, 11) is -4.22. The van der Waals surface area contributed by atoms with Crippen LogP contribution in [0.15, 0.2) is 29.2 Å². The Hall–Kier alpha value is -1.65. The second-order valence-electron chi connectivity index (χ2n) is 5.91. The minimum atomic E-state index is -4.65. The molecule has 0 spiro atoms. The molecule has 3 N–H and O–H groups in total. The van der Waals surface area contributed by atoms with E-state index < -0.39 is 39.1 Å². The number of nitrogens with one attached hydrogen (secondary N) is 3. The summed E-state index contributed by atoms with van der Waals surface area (Å²) < 4.78 is 64.3. The fraction of sp³-hybridized carbons (Fsp3) is 0.533. The van der Waals surface area contributed by atoms with Gasteiger partial charge in [0.15, 0.2) is 0 Å². The van der Waals surface area contributed by atoms with Gasteiger partial charge >= 0.3 is 6.18 Å². The molecule has 1 saturated heterocycles. The third-order valence-electron chi connectivity index (χ3n) is 4.00. The number of rotatable bonds is 5. The van der Waals surface area contributed by atoms with Crippen molar-refractivity contribution in [2.24, 2.45) is 0 Å². The first-order valence-corrected chi connectivity index (χ1v) is 9.27. The lowest BCUT2D eigenvalue weighted by Crippen LogP contribution is -2.53. The van der Waals surface area contributed by atoms with Crippen molar-refractivity contribution in [3.05, 3.63) is 29.8 Å². The van der Waals surface area contributed by atoms with Crippen molar-refractivity contribution in [2.45, 2.75) is 42.9 Å². The fourth-order valence-electron chi connectivity index (χ4n) is 2.58. The van der Waals surface area contributed by atoms with Gasteiger partial charge < -0.3 is 10.6 Å². The summed E-state index contributed by atoms with van der Waals surface area (Å²) >= 11 is 0. The Morgan fingerprint density at radius 3 is 2.72 bits per heavy atom. The van der Waals surface area contributed by atoms with Gasteiger partial charge in [0, 0.05) is 12.1 Å². The molecule has 0 aliphatic carbocycles. The van der Waals surface area contributed by atoms with Gasteiger partial charge in [-0.05, 0) is 44.5 Å². The van der Waals surface area contributed by atoms with Crippen molar-refractivity contribution in [2.75, 3.05) is 13.1 Å². The van der Waals surface area contributed by atoms with E-state index >= 15 is 0 Å². The van der Waals surface area contributed by atoms with Gasteiger partial charge in [-0.3, -0.25) is 4.79 Å². The zero-order valence-electron chi connectivity index (χ0n) is 13.6. The quantitative estimate of drug-likeness (QED) is 0.718. The molecule has 0 aromatic heterocycles. The molecule has 2 unspecified atom stereocenters. The monoisotopic (exact) mass is 379 g/mol. The summed E-state index contributed by atoms with van der Waals surface area (Å²) in [5.74, 6) is -0.531. The van der Waals surface area contributed by atoms with Crippen LogP contribution < -0.4 is 15.4 Å². The second-order valence-corrected chi connectivity index (χ2v) is 7.68. The van der Waals surface area contributed by atoms with Gasteiger partial charge in [0.25, 0.3) is 0 Å². The highest BCUT2D eigenvalue weighted by atomic mass is 32.2. The van der Waals surface area contributed by atoms with Crippen LogP contribution in [0.5, 0.6) is 0 Å². The summed E-state index contributed by atoms with van der Waals surface area (Å²) in [5.41, 5.74) is -1.07. The molecular weight excluding hydrogens is 359 g/mol. The van der Waals surface area contributed by atoms with Gasteiger partial charge in [-0.1, -0.05) is 6.07 Å². The van der Waals surface area contributed by atoms with Crippen LogP contribution in [0.4, 0.5) is 13.2 Å². The van der Waals surface area contributed by atoms with Crippen molar-refractivity contribution in [3.63, 3.8) is 0 Å². The van der Waals surface area contributed by atoms with Crippen molar-refractivity contribution in [3.8, 4) is 0 Å². The van der Waals surface area contributed by atoms with Gasteiger partial charge in [0.2, 0.25) is 15.9 Å². The zero-order chi connectivity index (χ0) is 18.7. The lowest BCUT2D eigenvalue weighted by atomic mass is 10.00. The smallest absolute Gasteiger partial charge is 0.351 e. The highest BCUT2D eigenvalue weighted by molar-refractivity contribution is 7.89. The minimum absolute atomic E-state index is 0.0674. The van der Waals surface area contributed by atoms with Gasteiger partial charge in [-0.2, -0.15) is 13.2 Å². The normalized spacial score (nSPS) is 21.8. The van der Waals surface area contributed by atoms with Crippen molar-refractivity contribution < 1.29 is 26.4 Å². The maximum absolute atomic E-state index is 12.7. The molecule has 2 atom stereocenters. The van der Waals surface area contributed by atoms with E-state index in [4.69, 9.17) is 0 Å². The molecule has 140 valence electrons. The molecule has 0 radical (unpaired) electrons. The summed E-state index contributed by atoms with van der Waals surface area (Å²) in [6.07, 6.45) is -2.97. The lowest BCUT2D eigenvalue weighted by Gasteiger charge is -2.30. The van der Waals surface area contributed by atoms with Gasteiger partial charge in [-0.25, -0.2) is 13.1 Å². The van der Waals surface area contributed by atoms with Crippen LogP contribution in [0.25, 0.3) is 0 Å². The Balaban J connectivity index is 1.98. The van der Waals surface area contributed by atoms with Crippen LogP contribution in [-0.2, 0) is 21.0 Å². The fourth-order valence-corrected chi connectivity index (χ4v) is 3.61. The van der Waals surface area contributed by atoms with E-state index in [0.717, 1.165) is 37.6 Å². The average Bonchev–Trinajstić information content (AvgIpc) is 2.55. The van der Waals surface area contributed by atoms with Crippen molar-refractivity contribution in [1.29, 1.82) is 0 Å². The summed E-state index contributed by atoms with van der Waals surface area (Å²) in [6.45, 7) is 2.23. The van der Waals surface area contributed by atoms with Gasteiger partial charge in [0.05, 0.1) is 17.0 Å². The predicted octanol–water partition coefficient (Wildman–Crippen LogP) is 1.24. The van der Waals surface area contributed by atoms with E-state index in [0.29, 0.717) is 6.07 Å². The molecule has 10 heteroatoms. The molecule has 2 rings (SSSR count). The first kappa shape index (κ1) is 19.7. The molecule has 1 amide bonds. The molecular formula is C15H20F3N3O3S. The Labute approximate surface area is 144 Å². The van der Waals surface area contributed by atoms with E-state index in [1.807, 2.05) is 11.6 Å². The van der Waals surface area contributed by atoms with Crippen LogP contribution >= 0.6 is 0 Å². The van der Waals surface area contributed by atoms with Crippen LogP contribution in [0, 0.1) is 0 Å². The number of carbonyl (C=O) groups excluding carboxylic acids is 1. The van der Waals surface area contributed by atoms with Crippen LogP contribution in [0.1, 0.15) is 25.3 Å². The molecule has 1 aliphatic rings. The van der Waals surface area contributed by atoms with Crippen LogP contribution in [0.3, 0.4) is 0 Å². The molecule has 1 aromatic rings. The number of benzene rings is 1. The highest BCUT2D eigenvalue weighted by Crippen LogP contribution is 2.30.